The normalized spacial score (nSPS) is 11.5. The number of terminal acetylenes is 1. The fourth-order valence-electron chi connectivity index (χ4n) is 1.86. The molecule has 10 heteroatoms. The first-order valence-electron chi connectivity index (χ1n) is 7.10. The second-order valence-electron chi connectivity index (χ2n) is 4.83. The molecule has 0 amide bonds. The molecule has 1 aromatic carbocycles. The van der Waals surface area contributed by atoms with E-state index >= 15 is 0 Å². The highest BCUT2D eigenvalue weighted by molar-refractivity contribution is 8.03. The van der Waals surface area contributed by atoms with Gasteiger partial charge >= 0.3 is 6.18 Å². The maximum atomic E-state index is 12.6. The van der Waals surface area contributed by atoms with E-state index in [4.69, 9.17) is 6.42 Å². The van der Waals surface area contributed by atoms with Crippen LogP contribution in [0.4, 0.5) is 13.2 Å². The van der Waals surface area contributed by atoms with Crippen LogP contribution in [0.25, 0.3) is 10.6 Å². The van der Waals surface area contributed by atoms with Gasteiger partial charge in [0.05, 0.1) is 17.0 Å². The number of rotatable bonds is 6. The van der Waals surface area contributed by atoms with Gasteiger partial charge in [-0.15, -0.1) is 28.0 Å². The molecule has 3 aromatic rings. The molecule has 0 aliphatic carbocycles. The van der Waals surface area contributed by atoms with Gasteiger partial charge in [0.15, 0.2) is 8.68 Å². The van der Waals surface area contributed by atoms with Crippen LogP contribution in [-0.2, 0) is 11.9 Å². The van der Waals surface area contributed by atoms with Crippen molar-refractivity contribution in [3.05, 3.63) is 40.9 Å². The highest BCUT2D eigenvalue weighted by atomic mass is 32.2. The fraction of sp³-hybridized carbons (Fsp3) is 0.188. The van der Waals surface area contributed by atoms with Gasteiger partial charge in [0.2, 0.25) is 0 Å². The van der Waals surface area contributed by atoms with Gasteiger partial charge in [0, 0.05) is 16.7 Å². The lowest BCUT2D eigenvalue weighted by Crippen LogP contribution is -2.03. The Hall–Kier alpha value is -1.54. The van der Waals surface area contributed by atoms with E-state index in [9.17, 15) is 13.2 Å². The molecule has 0 saturated carbocycles. The molecule has 3 rings (SSSR count). The van der Waals surface area contributed by atoms with Crippen LogP contribution in [0.5, 0.6) is 0 Å². The molecule has 3 nitrogen and oxygen atoms in total. The predicted molar refractivity (Wildman–Crippen MR) is 102 cm³/mol. The lowest BCUT2D eigenvalue weighted by molar-refractivity contribution is -0.137. The van der Waals surface area contributed by atoms with E-state index in [-0.39, 0.29) is 0 Å². The number of aromatic nitrogens is 3. The van der Waals surface area contributed by atoms with Crippen molar-refractivity contribution in [2.45, 2.75) is 20.6 Å². The van der Waals surface area contributed by atoms with Gasteiger partial charge in [-0.05, 0) is 12.1 Å². The fourth-order valence-corrected chi connectivity index (χ4v) is 5.38. The molecule has 0 spiro atoms. The minimum Gasteiger partial charge on any atom is -0.240 e. The Morgan fingerprint density at radius 1 is 1.08 bits per heavy atom. The molecule has 0 N–H and O–H groups in total. The van der Waals surface area contributed by atoms with E-state index in [1.54, 1.807) is 0 Å². The van der Waals surface area contributed by atoms with E-state index in [0.717, 1.165) is 26.5 Å². The van der Waals surface area contributed by atoms with Crippen LogP contribution in [0, 0.1) is 12.3 Å². The van der Waals surface area contributed by atoms with Crippen LogP contribution < -0.4 is 0 Å². The van der Waals surface area contributed by atoms with Gasteiger partial charge in [-0.2, -0.15) is 13.2 Å². The van der Waals surface area contributed by atoms with Crippen molar-refractivity contribution in [1.82, 2.24) is 15.2 Å². The summed E-state index contributed by atoms with van der Waals surface area (Å²) >= 11 is 5.87. The first-order valence-corrected chi connectivity index (χ1v) is 10.8. The summed E-state index contributed by atoms with van der Waals surface area (Å²) in [4.78, 5) is 4.48. The molecule has 0 radical (unpaired) electrons. The Morgan fingerprint density at radius 3 is 2.42 bits per heavy atom. The van der Waals surface area contributed by atoms with Crippen molar-refractivity contribution in [2.75, 3.05) is 5.75 Å². The summed E-state index contributed by atoms with van der Waals surface area (Å²) in [6.45, 7) is 0. The Labute approximate surface area is 164 Å². The Morgan fingerprint density at radius 2 is 1.77 bits per heavy atom. The molecule has 0 aliphatic rings. The SMILES string of the molecule is C#CCSc1nnc(SCc2csc(-c3ccc(C(F)(F)F)cc3)n2)s1. The molecule has 0 aliphatic heterocycles. The van der Waals surface area contributed by atoms with Crippen LogP contribution in [0.1, 0.15) is 11.3 Å². The second kappa shape index (κ2) is 8.43. The van der Waals surface area contributed by atoms with Crippen molar-refractivity contribution in [3.63, 3.8) is 0 Å². The molecular weight excluding hydrogens is 419 g/mol. The third kappa shape index (κ3) is 5.01. The maximum Gasteiger partial charge on any atom is 0.416 e. The summed E-state index contributed by atoms with van der Waals surface area (Å²) in [5, 5.41) is 10.7. The monoisotopic (exact) mass is 429 g/mol. The highest BCUT2D eigenvalue weighted by Crippen LogP contribution is 2.34. The molecule has 0 unspecified atom stereocenters. The third-order valence-electron chi connectivity index (χ3n) is 3.02. The lowest BCUT2D eigenvalue weighted by Gasteiger charge is -2.06. The Kier molecular flexibility index (Phi) is 6.24. The second-order valence-corrected chi connectivity index (χ2v) is 9.12. The van der Waals surface area contributed by atoms with Crippen molar-refractivity contribution < 1.29 is 13.2 Å². The summed E-state index contributed by atoms with van der Waals surface area (Å²) in [7, 11) is 0. The summed E-state index contributed by atoms with van der Waals surface area (Å²) in [5.74, 6) is 3.71. The average Bonchev–Trinajstić information content (AvgIpc) is 3.27. The number of hydrogen-bond donors (Lipinski definition) is 0. The number of thiazole rings is 1. The Bertz CT molecular complexity index is 910. The van der Waals surface area contributed by atoms with Crippen LogP contribution in [0.2, 0.25) is 0 Å². The lowest BCUT2D eigenvalue weighted by atomic mass is 10.1. The molecule has 0 saturated heterocycles. The first-order chi connectivity index (χ1) is 12.5. The highest BCUT2D eigenvalue weighted by Gasteiger charge is 2.30. The van der Waals surface area contributed by atoms with E-state index in [1.807, 2.05) is 5.38 Å². The first kappa shape index (κ1) is 19.2. The zero-order valence-electron chi connectivity index (χ0n) is 13.0. The number of benzene rings is 1. The van der Waals surface area contributed by atoms with Crippen molar-refractivity contribution in [2.24, 2.45) is 0 Å². The maximum absolute atomic E-state index is 12.6. The van der Waals surface area contributed by atoms with Gasteiger partial charge in [0.1, 0.15) is 5.01 Å². The summed E-state index contributed by atoms with van der Waals surface area (Å²) < 4.78 is 39.5. The van der Waals surface area contributed by atoms with Crippen LogP contribution in [-0.4, -0.2) is 20.9 Å². The van der Waals surface area contributed by atoms with Gasteiger partial charge in [-0.3, -0.25) is 0 Å². The van der Waals surface area contributed by atoms with Gasteiger partial charge < -0.3 is 0 Å². The van der Waals surface area contributed by atoms with Crippen molar-refractivity contribution in [1.29, 1.82) is 0 Å². The molecular formula is C16H10F3N3S4. The summed E-state index contributed by atoms with van der Waals surface area (Å²) in [6, 6.07) is 5.03. The van der Waals surface area contributed by atoms with Crippen LogP contribution >= 0.6 is 46.2 Å². The summed E-state index contributed by atoms with van der Waals surface area (Å²) in [6.07, 6.45) is 0.884. The molecule has 2 aromatic heterocycles. The smallest absolute Gasteiger partial charge is 0.240 e. The number of hydrogen-bond acceptors (Lipinski definition) is 7. The zero-order chi connectivity index (χ0) is 18.6. The average molecular weight is 430 g/mol. The minimum atomic E-state index is -4.33. The van der Waals surface area contributed by atoms with Crippen LogP contribution in [0.3, 0.4) is 0 Å². The van der Waals surface area contributed by atoms with Crippen molar-refractivity contribution in [3.8, 4) is 22.9 Å². The van der Waals surface area contributed by atoms with E-state index in [0.29, 0.717) is 22.1 Å². The third-order valence-corrected chi connectivity index (χ3v) is 7.09. The molecule has 0 fully saturated rings. The van der Waals surface area contributed by atoms with Crippen molar-refractivity contribution >= 4 is 46.2 Å². The quantitative estimate of drug-likeness (QED) is 0.371. The molecule has 2 heterocycles. The van der Waals surface area contributed by atoms with E-state index in [1.165, 1.54) is 58.3 Å². The number of alkyl halides is 3. The van der Waals surface area contributed by atoms with Gasteiger partial charge in [-0.25, -0.2) is 4.98 Å². The number of halogens is 3. The molecule has 134 valence electrons. The standard InChI is InChI=1S/C16H10F3N3S4/c1-2-7-23-14-21-22-15(26-14)25-9-12-8-24-13(20-12)10-3-5-11(6-4-10)16(17,18)19/h1,3-6,8H,7,9H2. The van der Waals surface area contributed by atoms with E-state index < -0.39 is 11.7 Å². The topological polar surface area (TPSA) is 38.7 Å². The Balaban J connectivity index is 1.61. The van der Waals surface area contributed by atoms with Gasteiger partial charge in [0.25, 0.3) is 0 Å². The largest absolute Gasteiger partial charge is 0.416 e. The number of thioether (sulfide) groups is 2. The number of nitrogens with zero attached hydrogens (tertiary/aromatic N) is 3. The van der Waals surface area contributed by atoms with Gasteiger partial charge in [-0.1, -0.05) is 52.9 Å². The van der Waals surface area contributed by atoms with Crippen LogP contribution in [0.15, 0.2) is 38.3 Å². The molecule has 0 atom stereocenters. The predicted octanol–water partition coefficient (Wildman–Crippen LogP) is 5.70. The molecule has 0 bridgehead atoms. The van der Waals surface area contributed by atoms with E-state index in [2.05, 4.69) is 21.1 Å². The molecule has 26 heavy (non-hydrogen) atoms. The zero-order valence-corrected chi connectivity index (χ0v) is 16.3. The summed E-state index contributed by atoms with van der Waals surface area (Å²) in [5.41, 5.74) is 0.856. The minimum absolute atomic E-state index is 0.557.